The molecule has 0 aromatic carbocycles. The van der Waals surface area contributed by atoms with E-state index in [9.17, 15) is 13.2 Å². The van der Waals surface area contributed by atoms with E-state index in [0.717, 1.165) is 12.8 Å². The quantitative estimate of drug-likeness (QED) is 0.612. The first-order chi connectivity index (χ1) is 6.20. The van der Waals surface area contributed by atoms with Crippen LogP contribution < -0.4 is 0 Å². The van der Waals surface area contributed by atoms with Crippen molar-refractivity contribution in [2.75, 3.05) is 0 Å². The number of hydrogen-bond donors (Lipinski definition) is 0. The molecule has 0 saturated heterocycles. The van der Waals surface area contributed by atoms with Crippen LogP contribution in [-0.4, -0.2) is 6.18 Å². The molecule has 0 radical (unpaired) electrons. The van der Waals surface area contributed by atoms with Gasteiger partial charge in [-0.05, 0) is 12.3 Å². The van der Waals surface area contributed by atoms with E-state index in [1.54, 1.807) is 0 Å². The van der Waals surface area contributed by atoms with Crippen molar-refractivity contribution in [3.63, 3.8) is 0 Å². The molecule has 0 aliphatic heterocycles. The van der Waals surface area contributed by atoms with Gasteiger partial charge in [-0.3, -0.25) is 0 Å². The molecular weight excluding hydrogens is 189 g/mol. The second-order valence-electron chi connectivity index (χ2n) is 4.79. The minimum Gasteiger partial charge on any atom is -0.171 e. The minimum atomic E-state index is -4.07. The molecule has 0 bridgehead atoms. The van der Waals surface area contributed by atoms with Crippen LogP contribution in [0.4, 0.5) is 13.2 Å². The highest BCUT2D eigenvalue weighted by molar-refractivity contribution is 4.77. The summed E-state index contributed by atoms with van der Waals surface area (Å²) in [6.07, 6.45) is -1.22. The molecule has 0 fully saturated rings. The lowest BCUT2D eigenvalue weighted by Gasteiger charge is -2.27. The zero-order chi connectivity index (χ0) is 11.4. The molecule has 0 aromatic rings. The third kappa shape index (κ3) is 4.34. The first-order valence-electron chi connectivity index (χ1n) is 5.27. The Hall–Kier alpha value is -0.210. The molecule has 0 aliphatic carbocycles. The topological polar surface area (TPSA) is 0 Å². The van der Waals surface area contributed by atoms with Crippen LogP contribution >= 0.6 is 0 Å². The largest absolute Gasteiger partial charge is 0.393 e. The molecule has 0 aromatic heterocycles. The summed E-state index contributed by atoms with van der Waals surface area (Å²) in [6.45, 7) is 6.72. The first kappa shape index (κ1) is 13.8. The molecule has 86 valence electrons. The van der Waals surface area contributed by atoms with Crippen molar-refractivity contribution < 1.29 is 13.2 Å². The molecule has 0 amide bonds. The average Bonchev–Trinajstić information content (AvgIpc) is 2.01. The van der Waals surface area contributed by atoms with Crippen LogP contribution in [-0.2, 0) is 0 Å². The Bertz CT molecular complexity index is 158. The summed E-state index contributed by atoms with van der Waals surface area (Å²) in [5.41, 5.74) is -1.53. The van der Waals surface area contributed by atoms with Gasteiger partial charge < -0.3 is 0 Å². The highest BCUT2D eigenvalue weighted by atomic mass is 19.4. The molecule has 0 heterocycles. The molecular formula is C11H21F3. The van der Waals surface area contributed by atoms with Crippen molar-refractivity contribution in [2.45, 2.75) is 59.6 Å². The number of alkyl halides is 3. The fourth-order valence-corrected chi connectivity index (χ4v) is 1.24. The summed E-state index contributed by atoms with van der Waals surface area (Å²) in [6, 6.07) is 0. The second-order valence-corrected chi connectivity index (χ2v) is 4.79. The monoisotopic (exact) mass is 210 g/mol. The van der Waals surface area contributed by atoms with Crippen LogP contribution in [0.1, 0.15) is 53.4 Å². The molecule has 0 rings (SSSR count). The van der Waals surface area contributed by atoms with E-state index in [0.29, 0.717) is 12.3 Å². The highest BCUT2D eigenvalue weighted by Gasteiger charge is 2.46. The normalized spacial score (nSPS) is 15.6. The van der Waals surface area contributed by atoms with E-state index in [-0.39, 0.29) is 6.42 Å². The van der Waals surface area contributed by atoms with Gasteiger partial charge in [-0.1, -0.05) is 47.0 Å². The maximum Gasteiger partial charge on any atom is 0.393 e. The molecule has 0 saturated carbocycles. The van der Waals surface area contributed by atoms with Crippen LogP contribution in [0.15, 0.2) is 0 Å². The van der Waals surface area contributed by atoms with Crippen LogP contribution in [0.2, 0.25) is 0 Å². The smallest absolute Gasteiger partial charge is 0.171 e. The fourth-order valence-electron chi connectivity index (χ4n) is 1.24. The zero-order valence-electron chi connectivity index (χ0n) is 9.54. The Morgan fingerprint density at radius 3 is 2.00 bits per heavy atom. The second kappa shape index (κ2) is 5.04. The lowest BCUT2D eigenvalue weighted by atomic mass is 9.85. The molecule has 0 nitrogen and oxygen atoms in total. The van der Waals surface area contributed by atoms with E-state index in [1.165, 1.54) is 13.8 Å². The van der Waals surface area contributed by atoms with Crippen LogP contribution in [0.3, 0.4) is 0 Å². The van der Waals surface area contributed by atoms with Crippen LogP contribution in [0.25, 0.3) is 0 Å². The van der Waals surface area contributed by atoms with Gasteiger partial charge in [-0.15, -0.1) is 0 Å². The Morgan fingerprint density at radius 2 is 1.64 bits per heavy atom. The van der Waals surface area contributed by atoms with Gasteiger partial charge in [0.2, 0.25) is 0 Å². The van der Waals surface area contributed by atoms with E-state index in [4.69, 9.17) is 0 Å². The van der Waals surface area contributed by atoms with Crippen molar-refractivity contribution >= 4 is 0 Å². The molecule has 1 atom stereocenters. The summed E-state index contributed by atoms with van der Waals surface area (Å²) in [7, 11) is 0. The van der Waals surface area contributed by atoms with E-state index in [1.807, 2.05) is 0 Å². The van der Waals surface area contributed by atoms with Gasteiger partial charge in [-0.2, -0.15) is 13.2 Å². The number of rotatable bonds is 5. The standard InChI is InChI=1S/C11H21F3/c1-5-9(2)7-6-8-10(3,4)11(12,13)14/h9H,5-8H2,1-4H3. The predicted molar refractivity (Wildman–Crippen MR) is 53.1 cm³/mol. The van der Waals surface area contributed by atoms with Crippen molar-refractivity contribution in [2.24, 2.45) is 11.3 Å². The van der Waals surface area contributed by atoms with Gasteiger partial charge in [0.1, 0.15) is 0 Å². The SMILES string of the molecule is CCC(C)CCCC(C)(C)C(F)(F)F. The number of halogens is 3. The molecule has 14 heavy (non-hydrogen) atoms. The van der Waals surface area contributed by atoms with Gasteiger partial charge in [0.15, 0.2) is 0 Å². The maximum absolute atomic E-state index is 12.4. The third-order valence-corrected chi connectivity index (χ3v) is 2.96. The van der Waals surface area contributed by atoms with Gasteiger partial charge >= 0.3 is 6.18 Å². The van der Waals surface area contributed by atoms with Crippen LogP contribution in [0.5, 0.6) is 0 Å². The van der Waals surface area contributed by atoms with E-state index >= 15 is 0 Å². The maximum atomic E-state index is 12.4. The highest BCUT2D eigenvalue weighted by Crippen LogP contribution is 2.41. The van der Waals surface area contributed by atoms with Gasteiger partial charge in [0, 0.05) is 0 Å². The Kier molecular flexibility index (Phi) is 4.96. The third-order valence-electron chi connectivity index (χ3n) is 2.96. The Morgan fingerprint density at radius 1 is 1.14 bits per heavy atom. The van der Waals surface area contributed by atoms with Crippen molar-refractivity contribution in [1.82, 2.24) is 0 Å². The van der Waals surface area contributed by atoms with Crippen molar-refractivity contribution in [3.8, 4) is 0 Å². The van der Waals surface area contributed by atoms with Gasteiger partial charge in [0.25, 0.3) is 0 Å². The number of hydrogen-bond acceptors (Lipinski definition) is 0. The van der Waals surface area contributed by atoms with E-state index < -0.39 is 11.6 Å². The summed E-state index contributed by atoms with van der Waals surface area (Å²) >= 11 is 0. The summed E-state index contributed by atoms with van der Waals surface area (Å²) in [5, 5.41) is 0. The molecule has 0 spiro atoms. The predicted octanol–water partition coefficient (Wildman–Crippen LogP) is 4.79. The van der Waals surface area contributed by atoms with Crippen LogP contribution in [0, 0.1) is 11.3 Å². The lowest BCUT2D eigenvalue weighted by molar-refractivity contribution is -0.214. The Balaban J connectivity index is 3.89. The minimum absolute atomic E-state index is 0.237. The fraction of sp³-hybridized carbons (Fsp3) is 1.00. The molecule has 0 aliphatic rings. The van der Waals surface area contributed by atoms with Gasteiger partial charge in [-0.25, -0.2) is 0 Å². The molecule has 0 N–H and O–H groups in total. The lowest BCUT2D eigenvalue weighted by Crippen LogP contribution is -2.31. The molecule has 1 unspecified atom stereocenters. The first-order valence-corrected chi connectivity index (χ1v) is 5.27. The molecule has 3 heteroatoms. The Labute approximate surface area is 84.9 Å². The zero-order valence-corrected chi connectivity index (χ0v) is 9.54. The summed E-state index contributed by atoms with van der Waals surface area (Å²) in [5.74, 6) is 0.541. The average molecular weight is 210 g/mol. The summed E-state index contributed by atoms with van der Waals surface area (Å²) < 4.78 is 37.3. The van der Waals surface area contributed by atoms with Crippen molar-refractivity contribution in [3.05, 3.63) is 0 Å². The van der Waals surface area contributed by atoms with Gasteiger partial charge in [0.05, 0.1) is 5.41 Å². The summed E-state index contributed by atoms with van der Waals surface area (Å²) in [4.78, 5) is 0. The van der Waals surface area contributed by atoms with E-state index in [2.05, 4.69) is 13.8 Å². The van der Waals surface area contributed by atoms with Crippen molar-refractivity contribution in [1.29, 1.82) is 0 Å².